The molecule has 0 aromatic rings. The molecule has 2 saturated heterocycles. The molecule has 2 rings (SSSR count). The van der Waals surface area contributed by atoms with E-state index in [4.69, 9.17) is 21.1 Å². The first-order valence-corrected chi connectivity index (χ1v) is 20.3. The number of likely N-dealkylation sites (tertiary alicyclic amines) is 2. The van der Waals surface area contributed by atoms with Crippen molar-refractivity contribution < 1.29 is 84.2 Å². The van der Waals surface area contributed by atoms with Crippen molar-refractivity contribution in [2.45, 2.75) is 146 Å². The van der Waals surface area contributed by atoms with E-state index in [1.165, 1.54) is 15.9 Å². The van der Waals surface area contributed by atoms with Gasteiger partial charge in [0.2, 0.25) is 11.8 Å². The number of amides is 4. The minimum atomic E-state index is -1.47. The van der Waals surface area contributed by atoms with Crippen LogP contribution in [0.1, 0.15) is 125 Å². The quantitative estimate of drug-likeness (QED) is 0.106. The maximum Gasteiger partial charge on any atom is 1.00 e. The standard InChI is InChI=1S/C19H32N2O5.C19H34N2O4.C5H9ClO2.B.Na.H/c1-9-10-19(14(23)24)12-21(15(25)26-17(5,6)7)11-18(19,8)13(22)20-16(2,3)4;1-9-10-19(13-22)12-21(15(24)25-17(5,6)7)11-18(19,8)14(23)20-16(2,3)4;1-4(2)3-8-5(6)7;;;/h9H,1,10-12H2,2-8H3,(H,20,22)(H,23,24);9,22H,1,10-13H2,2-8H3,(H,20,23);4H,3H2,1-2H3;;;/q;;;;+1;-1/t2*18-,19-;;;;/m00..../s1. The minimum Gasteiger partial charge on any atom is -1.00 e. The van der Waals surface area contributed by atoms with Gasteiger partial charge in [0.05, 0.1) is 24.0 Å². The van der Waals surface area contributed by atoms with Crippen LogP contribution in [-0.2, 0) is 28.6 Å². The van der Waals surface area contributed by atoms with Crippen LogP contribution in [0.3, 0.4) is 0 Å². The van der Waals surface area contributed by atoms with E-state index in [0.717, 1.165) is 0 Å². The Kier molecular flexibility index (Phi) is 24.4. The molecule has 0 spiro atoms. The zero-order valence-corrected chi connectivity index (χ0v) is 43.0. The first-order chi connectivity index (χ1) is 26.4. The van der Waals surface area contributed by atoms with Gasteiger partial charge in [0.15, 0.2) is 0 Å². The molecule has 4 N–H and O–H groups in total. The fraction of sp³-hybridized carbons (Fsp3) is 0.767. The van der Waals surface area contributed by atoms with E-state index in [0.29, 0.717) is 18.9 Å². The van der Waals surface area contributed by atoms with E-state index in [9.17, 15) is 39.0 Å². The van der Waals surface area contributed by atoms with Crippen LogP contribution in [0, 0.1) is 27.6 Å². The summed E-state index contributed by atoms with van der Waals surface area (Å²) in [5, 5.41) is 26.0. The fourth-order valence-electron chi connectivity index (χ4n) is 6.72. The SMILES string of the molecule is C=CC[C@@]1(C(=O)O)CN(C(=O)OC(C)(C)C)C[C@@]1(C)C(=O)NC(C)(C)C.C=CC[C@@]1(CO)CN(C(=O)OC(C)(C)C)C[C@@]1(C)C(=O)NC(C)(C)C.CC(C)COC(=O)Cl.[B].[H-].[Na+]. The predicted octanol–water partition coefficient (Wildman–Crippen LogP) is 4.27. The number of rotatable bonds is 10. The van der Waals surface area contributed by atoms with Crippen LogP contribution < -0.4 is 40.2 Å². The maximum absolute atomic E-state index is 13.1. The normalized spacial score (nSPS) is 23.6. The zero-order valence-electron chi connectivity index (χ0n) is 41.2. The van der Waals surface area contributed by atoms with Crippen LogP contribution in [-0.4, -0.2) is 125 Å². The van der Waals surface area contributed by atoms with Crippen LogP contribution in [0.4, 0.5) is 14.4 Å². The van der Waals surface area contributed by atoms with Crippen molar-refractivity contribution in [1.82, 2.24) is 20.4 Å². The Morgan fingerprint density at radius 1 is 0.738 bits per heavy atom. The summed E-state index contributed by atoms with van der Waals surface area (Å²) in [6, 6.07) is 0. The summed E-state index contributed by atoms with van der Waals surface area (Å²) in [6.45, 7) is 37.0. The monoisotopic (exact) mass is 894 g/mol. The van der Waals surface area contributed by atoms with Crippen molar-refractivity contribution in [2.75, 3.05) is 39.4 Å². The molecule has 2 aliphatic heterocycles. The molecule has 0 bridgehead atoms. The van der Waals surface area contributed by atoms with Gasteiger partial charge in [-0.15, -0.1) is 13.2 Å². The molecule has 2 fully saturated rings. The average molecular weight is 894 g/mol. The summed E-state index contributed by atoms with van der Waals surface area (Å²) < 4.78 is 15.3. The van der Waals surface area contributed by atoms with Gasteiger partial charge in [-0.05, 0) is 116 Å². The molecular formula is C43H76BClN4NaO11. The average Bonchev–Trinajstić information content (AvgIpc) is 3.51. The summed E-state index contributed by atoms with van der Waals surface area (Å²) in [5.41, 5.74) is -7.52. The first-order valence-electron chi connectivity index (χ1n) is 19.9. The third kappa shape index (κ3) is 18.5. The molecule has 3 radical (unpaired) electrons. The van der Waals surface area contributed by atoms with Gasteiger partial charge in [0.25, 0.3) is 0 Å². The summed E-state index contributed by atoms with van der Waals surface area (Å²) in [7, 11) is 0. The van der Waals surface area contributed by atoms with Gasteiger partial charge in [-0.3, -0.25) is 14.4 Å². The van der Waals surface area contributed by atoms with Crippen molar-refractivity contribution in [3.8, 4) is 0 Å². The van der Waals surface area contributed by atoms with E-state index in [1.807, 2.05) is 55.4 Å². The zero-order chi connectivity index (χ0) is 46.8. The third-order valence-electron chi connectivity index (χ3n) is 9.75. The van der Waals surface area contributed by atoms with Crippen molar-refractivity contribution in [3.63, 3.8) is 0 Å². The van der Waals surface area contributed by atoms with Gasteiger partial charge in [0, 0.05) is 62.7 Å². The number of hydrogen-bond donors (Lipinski definition) is 4. The predicted molar refractivity (Wildman–Crippen MR) is 236 cm³/mol. The third-order valence-corrected chi connectivity index (χ3v) is 9.86. The van der Waals surface area contributed by atoms with E-state index in [-0.39, 0.29) is 84.5 Å². The molecular weight excluding hydrogens is 818 g/mol. The molecule has 2 heterocycles. The van der Waals surface area contributed by atoms with Gasteiger partial charge >= 0.3 is 53.1 Å². The Labute approximate surface area is 396 Å². The molecule has 0 aromatic carbocycles. The second-order valence-corrected chi connectivity index (χ2v) is 20.8. The van der Waals surface area contributed by atoms with Crippen LogP contribution in [0.5, 0.6) is 0 Å². The van der Waals surface area contributed by atoms with Crippen LogP contribution in [0.15, 0.2) is 25.3 Å². The van der Waals surface area contributed by atoms with Crippen LogP contribution >= 0.6 is 11.6 Å². The van der Waals surface area contributed by atoms with Gasteiger partial charge in [-0.25, -0.2) is 14.4 Å². The Morgan fingerprint density at radius 3 is 1.41 bits per heavy atom. The number of ether oxygens (including phenoxy) is 3. The Bertz CT molecular complexity index is 1550. The van der Waals surface area contributed by atoms with Gasteiger partial charge in [0.1, 0.15) is 16.6 Å². The number of hydrogen-bond acceptors (Lipinski definition) is 10. The second kappa shape index (κ2) is 23.8. The fourth-order valence-corrected chi connectivity index (χ4v) is 6.78. The van der Waals surface area contributed by atoms with Crippen molar-refractivity contribution in [2.24, 2.45) is 27.6 Å². The molecule has 0 aliphatic carbocycles. The number of aliphatic carboxylic acids is 1. The van der Waals surface area contributed by atoms with Gasteiger partial charge < -0.3 is 46.3 Å². The Hall–Kier alpha value is -2.79. The number of allylic oxidation sites excluding steroid dienone is 2. The summed E-state index contributed by atoms with van der Waals surface area (Å²) in [6.07, 6.45) is 2.57. The Balaban J connectivity index is -0.000000443. The molecule has 0 saturated carbocycles. The number of carbonyl (C=O) groups excluding carboxylic acids is 5. The topological polar surface area (TPSA) is 201 Å². The molecule has 4 atom stereocenters. The first kappa shape index (κ1) is 62.5. The number of aliphatic hydroxyl groups excluding tert-OH is 1. The summed E-state index contributed by atoms with van der Waals surface area (Å²) in [4.78, 5) is 76.1. The molecule has 61 heavy (non-hydrogen) atoms. The molecule has 4 amide bonds. The number of carbonyl (C=O) groups is 6. The molecule has 15 nitrogen and oxygen atoms in total. The van der Waals surface area contributed by atoms with Gasteiger partial charge in [-0.1, -0.05) is 26.0 Å². The van der Waals surface area contributed by atoms with E-state index in [2.05, 4.69) is 28.5 Å². The summed E-state index contributed by atoms with van der Waals surface area (Å²) in [5.74, 6) is -1.35. The van der Waals surface area contributed by atoms with Crippen LogP contribution in [0.2, 0.25) is 0 Å². The smallest absolute Gasteiger partial charge is 1.00 e. The van der Waals surface area contributed by atoms with Crippen molar-refractivity contribution in [3.05, 3.63) is 25.3 Å². The van der Waals surface area contributed by atoms with E-state index >= 15 is 0 Å². The van der Waals surface area contributed by atoms with Crippen molar-refractivity contribution in [1.29, 1.82) is 0 Å². The summed E-state index contributed by atoms with van der Waals surface area (Å²) >= 11 is 4.86. The van der Waals surface area contributed by atoms with Gasteiger partial charge in [-0.2, -0.15) is 0 Å². The van der Waals surface area contributed by atoms with Crippen molar-refractivity contribution >= 4 is 55.4 Å². The number of carboxylic acids is 1. The minimum absolute atomic E-state index is 0. The molecule has 2 aliphatic rings. The number of nitrogens with zero attached hydrogens (tertiary/aromatic N) is 2. The number of carboxylic acid groups (broad SMARTS) is 1. The number of halogens is 1. The second-order valence-electron chi connectivity index (χ2n) is 20.5. The van der Waals surface area contributed by atoms with E-state index in [1.54, 1.807) is 61.5 Å². The molecule has 0 aromatic heterocycles. The number of aliphatic hydroxyl groups is 1. The van der Waals surface area contributed by atoms with Crippen LogP contribution in [0.25, 0.3) is 0 Å². The van der Waals surface area contributed by atoms with E-state index < -0.39 is 73.4 Å². The molecule has 0 unspecified atom stereocenters. The Morgan fingerprint density at radius 2 is 1.11 bits per heavy atom. The number of nitrogens with one attached hydrogen (secondary N) is 2. The molecule has 345 valence electrons. The maximum atomic E-state index is 13.1. The molecule has 18 heteroatoms. The largest absolute Gasteiger partial charge is 1.00 e.